The Morgan fingerprint density at radius 1 is 1.32 bits per heavy atom. The molecule has 0 spiro atoms. The van der Waals surface area contributed by atoms with Crippen molar-refractivity contribution in [2.24, 2.45) is 5.92 Å². The van der Waals surface area contributed by atoms with Crippen LogP contribution in [0.4, 0.5) is 4.39 Å². The van der Waals surface area contributed by atoms with Crippen molar-refractivity contribution in [1.82, 2.24) is 9.80 Å². The lowest BCUT2D eigenvalue weighted by Gasteiger charge is -2.34. The Kier molecular flexibility index (Phi) is 6.21. The number of halogens is 1. The minimum absolute atomic E-state index is 0.110. The van der Waals surface area contributed by atoms with Crippen LogP contribution in [0.1, 0.15) is 28.1 Å². The average Bonchev–Trinajstić information content (AvgIpc) is 3.15. The zero-order chi connectivity index (χ0) is 17.6. The summed E-state index contributed by atoms with van der Waals surface area (Å²) in [6, 6.07) is 10.8. The summed E-state index contributed by atoms with van der Waals surface area (Å²) in [5.74, 6) is 0.485. The van der Waals surface area contributed by atoms with E-state index in [2.05, 4.69) is 4.90 Å². The first-order chi connectivity index (χ1) is 12.1. The highest BCUT2D eigenvalue weighted by Gasteiger charge is 2.23. The smallest absolute Gasteiger partial charge is 0.263 e. The molecule has 3 nitrogen and oxygen atoms in total. The van der Waals surface area contributed by atoms with Crippen LogP contribution in [0, 0.1) is 11.7 Å². The fraction of sp³-hybridized carbons (Fsp3) is 0.450. The number of likely N-dealkylation sites (tertiary alicyclic amines) is 1. The summed E-state index contributed by atoms with van der Waals surface area (Å²) >= 11 is 1.49. The number of hydrogen-bond acceptors (Lipinski definition) is 3. The average molecular weight is 360 g/mol. The van der Waals surface area contributed by atoms with Crippen LogP contribution in [0.25, 0.3) is 0 Å². The molecule has 1 atom stereocenters. The van der Waals surface area contributed by atoms with Gasteiger partial charge in [-0.15, -0.1) is 11.3 Å². The molecule has 1 aliphatic rings. The summed E-state index contributed by atoms with van der Waals surface area (Å²) in [5, 5.41) is 1.94. The van der Waals surface area contributed by atoms with Gasteiger partial charge in [0, 0.05) is 26.7 Å². The van der Waals surface area contributed by atoms with Crippen molar-refractivity contribution < 1.29 is 9.18 Å². The maximum absolute atomic E-state index is 13.8. The lowest BCUT2D eigenvalue weighted by Crippen LogP contribution is -2.42. The molecule has 0 aliphatic carbocycles. The number of piperidine rings is 1. The lowest BCUT2D eigenvalue weighted by atomic mass is 9.97. The summed E-state index contributed by atoms with van der Waals surface area (Å²) in [5.41, 5.74) is 0.787. The maximum atomic E-state index is 13.8. The van der Waals surface area contributed by atoms with Crippen LogP contribution in [0.2, 0.25) is 0 Å². The van der Waals surface area contributed by atoms with Crippen LogP contribution < -0.4 is 0 Å². The highest BCUT2D eigenvalue weighted by atomic mass is 32.1. The fourth-order valence-electron chi connectivity index (χ4n) is 3.54. The molecule has 0 N–H and O–H groups in total. The molecule has 0 unspecified atom stereocenters. The Bertz CT molecular complexity index is 689. The second kappa shape index (κ2) is 8.59. The SMILES string of the molecule is CN(C[C@@H]1CCCN(CCc2ccccc2F)C1)C(=O)c1cccs1. The molecular formula is C20H25FN2OS. The monoisotopic (exact) mass is 360 g/mol. The zero-order valence-corrected chi connectivity index (χ0v) is 15.5. The Morgan fingerprint density at radius 2 is 2.16 bits per heavy atom. The molecule has 0 bridgehead atoms. The van der Waals surface area contributed by atoms with E-state index in [1.165, 1.54) is 17.4 Å². The summed E-state index contributed by atoms with van der Waals surface area (Å²) < 4.78 is 13.8. The Balaban J connectivity index is 1.49. The number of hydrogen-bond donors (Lipinski definition) is 0. The van der Waals surface area contributed by atoms with Gasteiger partial charge in [0.15, 0.2) is 0 Å². The van der Waals surface area contributed by atoms with Crippen molar-refractivity contribution >= 4 is 17.2 Å². The van der Waals surface area contributed by atoms with Gasteiger partial charge in [0.25, 0.3) is 5.91 Å². The standard InChI is InChI=1S/C20H25FN2OS/c1-22(20(24)19-9-5-13-25-19)14-16-6-4-11-23(15-16)12-10-17-7-2-3-8-18(17)21/h2-3,5,7-9,13,16H,4,6,10-12,14-15H2,1H3/t16-/m0/s1. The topological polar surface area (TPSA) is 23.6 Å². The van der Waals surface area contributed by atoms with Gasteiger partial charge in [-0.2, -0.15) is 0 Å². The fourth-order valence-corrected chi connectivity index (χ4v) is 4.26. The zero-order valence-electron chi connectivity index (χ0n) is 14.7. The van der Waals surface area contributed by atoms with Crippen molar-refractivity contribution in [1.29, 1.82) is 0 Å². The van der Waals surface area contributed by atoms with Gasteiger partial charge in [-0.05, 0) is 54.8 Å². The predicted molar refractivity (Wildman–Crippen MR) is 101 cm³/mol. The van der Waals surface area contributed by atoms with Gasteiger partial charge < -0.3 is 9.80 Å². The van der Waals surface area contributed by atoms with Crippen LogP contribution in [0.15, 0.2) is 41.8 Å². The van der Waals surface area contributed by atoms with E-state index in [0.29, 0.717) is 5.92 Å². The Hall–Kier alpha value is -1.72. The highest BCUT2D eigenvalue weighted by Crippen LogP contribution is 2.20. The minimum Gasteiger partial charge on any atom is -0.341 e. The largest absolute Gasteiger partial charge is 0.341 e. The van der Waals surface area contributed by atoms with Crippen molar-refractivity contribution in [3.8, 4) is 0 Å². The molecule has 1 aromatic carbocycles. The number of carbonyl (C=O) groups is 1. The van der Waals surface area contributed by atoms with Crippen molar-refractivity contribution in [3.63, 3.8) is 0 Å². The van der Waals surface area contributed by atoms with E-state index in [1.54, 1.807) is 6.07 Å². The predicted octanol–water partition coefficient (Wildman–Crippen LogP) is 3.91. The first-order valence-corrected chi connectivity index (χ1v) is 9.76. The van der Waals surface area contributed by atoms with Gasteiger partial charge >= 0.3 is 0 Å². The molecule has 25 heavy (non-hydrogen) atoms. The molecule has 5 heteroatoms. The molecule has 0 radical (unpaired) electrons. The van der Waals surface area contributed by atoms with Gasteiger partial charge in [0.2, 0.25) is 0 Å². The van der Waals surface area contributed by atoms with E-state index in [-0.39, 0.29) is 11.7 Å². The van der Waals surface area contributed by atoms with Crippen LogP contribution >= 0.6 is 11.3 Å². The summed E-state index contributed by atoms with van der Waals surface area (Å²) in [6.45, 7) is 3.71. The van der Waals surface area contributed by atoms with Gasteiger partial charge in [-0.3, -0.25) is 4.79 Å². The molecular weight excluding hydrogens is 335 g/mol. The first-order valence-electron chi connectivity index (χ1n) is 8.88. The first kappa shape index (κ1) is 18.1. The Morgan fingerprint density at radius 3 is 2.92 bits per heavy atom. The molecule has 1 fully saturated rings. The molecule has 1 aliphatic heterocycles. The molecule has 0 saturated carbocycles. The van der Waals surface area contributed by atoms with Crippen molar-refractivity contribution in [2.45, 2.75) is 19.3 Å². The lowest BCUT2D eigenvalue weighted by molar-refractivity contribution is 0.0735. The van der Waals surface area contributed by atoms with E-state index in [9.17, 15) is 9.18 Å². The highest BCUT2D eigenvalue weighted by molar-refractivity contribution is 7.12. The molecule has 1 saturated heterocycles. The van der Waals surface area contributed by atoms with Crippen LogP contribution in [-0.2, 0) is 6.42 Å². The Labute approximate surface area is 153 Å². The number of amides is 1. The molecule has 1 amide bonds. The molecule has 2 heterocycles. The quantitative estimate of drug-likeness (QED) is 0.780. The van der Waals surface area contributed by atoms with Gasteiger partial charge in [-0.1, -0.05) is 24.3 Å². The van der Waals surface area contributed by atoms with Crippen molar-refractivity contribution in [3.05, 3.63) is 58.0 Å². The second-order valence-corrected chi connectivity index (χ2v) is 7.76. The van der Waals surface area contributed by atoms with Gasteiger partial charge in [0.05, 0.1) is 4.88 Å². The number of nitrogens with zero attached hydrogens (tertiary/aromatic N) is 2. The van der Waals surface area contributed by atoms with Crippen LogP contribution in [0.5, 0.6) is 0 Å². The van der Waals surface area contributed by atoms with E-state index >= 15 is 0 Å². The minimum atomic E-state index is -0.114. The number of thiophene rings is 1. The number of carbonyl (C=O) groups excluding carboxylic acids is 1. The van der Waals surface area contributed by atoms with E-state index in [4.69, 9.17) is 0 Å². The third-order valence-corrected chi connectivity index (χ3v) is 5.73. The number of rotatable bonds is 6. The van der Waals surface area contributed by atoms with Gasteiger partial charge in [0.1, 0.15) is 5.82 Å². The second-order valence-electron chi connectivity index (χ2n) is 6.81. The molecule has 2 aromatic rings. The summed E-state index contributed by atoms with van der Waals surface area (Å²) in [4.78, 5) is 17.4. The van der Waals surface area contributed by atoms with Gasteiger partial charge in [-0.25, -0.2) is 4.39 Å². The maximum Gasteiger partial charge on any atom is 0.263 e. The molecule has 1 aromatic heterocycles. The van der Waals surface area contributed by atoms with Crippen LogP contribution in [0.3, 0.4) is 0 Å². The normalized spacial score (nSPS) is 18.2. The molecule has 134 valence electrons. The summed E-state index contributed by atoms with van der Waals surface area (Å²) in [6.07, 6.45) is 3.03. The third kappa shape index (κ3) is 4.89. The van der Waals surface area contributed by atoms with E-state index in [0.717, 1.165) is 55.9 Å². The van der Waals surface area contributed by atoms with E-state index in [1.807, 2.05) is 41.6 Å². The van der Waals surface area contributed by atoms with Crippen LogP contribution in [-0.4, -0.2) is 48.9 Å². The van der Waals surface area contributed by atoms with E-state index < -0.39 is 0 Å². The third-order valence-electron chi connectivity index (χ3n) is 4.87. The number of benzene rings is 1. The summed E-state index contributed by atoms with van der Waals surface area (Å²) in [7, 11) is 1.89. The molecule has 3 rings (SSSR count). The van der Waals surface area contributed by atoms with Crippen molar-refractivity contribution in [2.75, 3.05) is 33.2 Å².